The molecule has 0 radical (unpaired) electrons. The van der Waals surface area contributed by atoms with E-state index in [1.54, 1.807) is 11.6 Å². The summed E-state index contributed by atoms with van der Waals surface area (Å²) in [6, 6.07) is 3.04. The van der Waals surface area contributed by atoms with Crippen LogP contribution in [0.5, 0.6) is 0 Å². The normalized spacial score (nSPS) is 11.5. The van der Waals surface area contributed by atoms with Gasteiger partial charge in [-0.1, -0.05) is 23.7 Å². The summed E-state index contributed by atoms with van der Waals surface area (Å²) in [5.74, 6) is -1.79. The molecule has 0 aliphatic carbocycles. The average molecular weight is 347 g/mol. The Labute approximate surface area is 131 Å². The molecule has 1 amide bonds. The van der Waals surface area contributed by atoms with Gasteiger partial charge in [0.25, 0.3) is 15.9 Å². The minimum atomic E-state index is -4.38. The van der Waals surface area contributed by atoms with Crippen LogP contribution in [0, 0.1) is 12.7 Å². The van der Waals surface area contributed by atoms with Crippen molar-refractivity contribution >= 4 is 27.5 Å². The van der Waals surface area contributed by atoms with E-state index in [1.165, 1.54) is 13.0 Å². The molecule has 1 aromatic heterocycles. The van der Waals surface area contributed by atoms with Crippen molar-refractivity contribution in [3.05, 3.63) is 46.1 Å². The van der Waals surface area contributed by atoms with Gasteiger partial charge in [0.1, 0.15) is 22.0 Å². The highest BCUT2D eigenvalue weighted by Crippen LogP contribution is 2.20. The number of rotatable bonds is 4. The van der Waals surface area contributed by atoms with E-state index < -0.39 is 26.6 Å². The van der Waals surface area contributed by atoms with E-state index >= 15 is 0 Å². The van der Waals surface area contributed by atoms with Crippen LogP contribution in [-0.4, -0.2) is 19.5 Å². The molecule has 0 unspecified atom stereocenters. The number of nitrogens with one attached hydrogen (secondary N) is 1. The number of carbonyl (C=O) groups is 1. The summed E-state index contributed by atoms with van der Waals surface area (Å²) < 4.78 is 44.6. The molecule has 1 aromatic carbocycles. The van der Waals surface area contributed by atoms with E-state index in [2.05, 4.69) is 5.16 Å². The minimum absolute atomic E-state index is 0.0282. The Bertz CT molecular complexity index is 833. The van der Waals surface area contributed by atoms with Gasteiger partial charge in [-0.15, -0.1) is 0 Å². The van der Waals surface area contributed by atoms with Gasteiger partial charge in [0, 0.05) is 5.02 Å². The zero-order valence-electron chi connectivity index (χ0n) is 11.7. The highest BCUT2D eigenvalue weighted by atomic mass is 35.5. The maximum Gasteiger partial charge on any atom is 0.270 e. The maximum absolute atomic E-state index is 13.7. The minimum Gasteiger partial charge on any atom is -0.361 e. The van der Waals surface area contributed by atoms with Crippen molar-refractivity contribution in [3.8, 4) is 0 Å². The number of aromatic nitrogens is 1. The fourth-order valence-corrected chi connectivity index (χ4v) is 3.05. The SMILES string of the molecule is CCc1noc(C)c1C(=O)NS(=O)(=O)c1ccc(Cl)cc1F. The Hall–Kier alpha value is -1.93. The lowest BCUT2D eigenvalue weighted by molar-refractivity contribution is 0.0979. The van der Waals surface area contributed by atoms with Crippen LogP contribution in [0.15, 0.2) is 27.6 Å². The largest absolute Gasteiger partial charge is 0.361 e. The van der Waals surface area contributed by atoms with E-state index in [0.717, 1.165) is 12.1 Å². The van der Waals surface area contributed by atoms with Gasteiger partial charge in [-0.25, -0.2) is 17.5 Å². The smallest absolute Gasteiger partial charge is 0.270 e. The first-order valence-corrected chi connectivity index (χ1v) is 8.09. The Balaban J connectivity index is 2.36. The number of amides is 1. The second kappa shape index (κ2) is 6.05. The topological polar surface area (TPSA) is 89.3 Å². The molecule has 0 aliphatic rings. The molecule has 0 aliphatic heterocycles. The number of sulfonamides is 1. The van der Waals surface area contributed by atoms with Gasteiger partial charge in [-0.2, -0.15) is 0 Å². The van der Waals surface area contributed by atoms with Crippen LogP contribution in [0.1, 0.15) is 28.7 Å². The standard InChI is InChI=1S/C13H12ClFN2O4S/c1-3-10-12(7(2)21-16-10)13(18)17-22(19,20)11-5-4-8(14)6-9(11)15/h4-6H,3H2,1-2H3,(H,17,18). The first kappa shape index (κ1) is 16.4. The summed E-state index contributed by atoms with van der Waals surface area (Å²) in [5, 5.41) is 3.71. The Kier molecular flexibility index (Phi) is 4.52. The van der Waals surface area contributed by atoms with E-state index in [9.17, 15) is 17.6 Å². The number of halogens is 2. The van der Waals surface area contributed by atoms with Gasteiger partial charge in [-0.05, 0) is 31.5 Å². The van der Waals surface area contributed by atoms with Crippen molar-refractivity contribution < 1.29 is 22.1 Å². The van der Waals surface area contributed by atoms with E-state index in [1.807, 2.05) is 0 Å². The van der Waals surface area contributed by atoms with Crippen molar-refractivity contribution in [1.29, 1.82) is 0 Å². The molecular weight excluding hydrogens is 335 g/mol. The number of aryl methyl sites for hydroxylation is 2. The van der Waals surface area contributed by atoms with Gasteiger partial charge in [0.05, 0.1) is 5.69 Å². The molecule has 22 heavy (non-hydrogen) atoms. The predicted molar refractivity (Wildman–Crippen MR) is 76.7 cm³/mol. The Morgan fingerprint density at radius 2 is 2.14 bits per heavy atom. The fraction of sp³-hybridized carbons (Fsp3) is 0.231. The number of carbonyl (C=O) groups excluding carboxylic acids is 1. The van der Waals surface area contributed by atoms with Gasteiger partial charge in [-0.3, -0.25) is 4.79 Å². The molecule has 0 spiro atoms. The number of nitrogens with zero attached hydrogens (tertiary/aromatic N) is 1. The van der Waals surface area contributed by atoms with Crippen LogP contribution in [0.3, 0.4) is 0 Å². The van der Waals surface area contributed by atoms with E-state index in [0.29, 0.717) is 12.1 Å². The Morgan fingerprint density at radius 1 is 1.45 bits per heavy atom. The second-order valence-corrected chi connectivity index (χ2v) is 6.51. The average Bonchev–Trinajstić information content (AvgIpc) is 2.78. The third kappa shape index (κ3) is 3.12. The molecule has 6 nitrogen and oxygen atoms in total. The third-order valence-electron chi connectivity index (χ3n) is 2.91. The molecule has 1 heterocycles. The quantitative estimate of drug-likeness (QED) is 0.918. The summed E-state index contributed by atoms with van der Waals surface area (Å²) in [6.07, 6.45) is 0.384. The summed E-state index contributed by atoms with van der Waals surface area (Å²) in [5.41, 5.74) is 0.349. The van der Waals surface area contributed by atoms with Gasteiger partial charge in [0.15, 0.2) is 0 Å². The first-order valence-electron chi connectivity index (χ1n) is 6.23. The molecule has 0 bridgehead atoms. The molecule has 9 heteroatoms. The summed E-state index contributed by atoms with van der Waals surface area (Å²) >= 11 is 5.57. The molecule has 118 valence electrons. The van der Waals surface area contributed by atoms with E-state index in [-0.39, 0.29) is 16.3 Å². The van der Waals surface area contributed by atoms with Crippen LogP contribution in [0.25, 0.3) is 0 Å². The molecule has 2 rings (SSSR count). The summed E-state index contributed by atoms with van der Waals surface area (Å²) in [7, 11) is -4.38. The van der Waals surface area contributed by atoms with Crippen molar-refractivity contribution in [3.63, 3.8) is 0 Å². The highest BCUT2D eigenvalue weighted by molar-refractivity contribution is 7.90. The van der Waals surface area contributed by atoms with Gasteiger partial charge < -0.3 is 4.52 Å². The van der Waals surface area contributed by atoms with Crippen LogP contribution >= 0.6 is 11.6 Å². The number of hydrogen-bond acceptors (Lipinski definition) is 5. The Morgan fingerprint density at radius 3 is 2.73 bits per heavy atom. The number of hydrogen-bond donors (Lipinski definition) is 1. The van der Waals surface area contributed by atoms with Gasteiger partial charge >= 0.3 is 0 Å². The molecule has 0 saturated heterocycles. The molecule has 0 fully saturated rings. The van der Waals surface area contributed by atoms with Crippen molar-refractivity contribution in [2.24, 2.45) is 0 Å². The fourth-order valence-electron chi connectivity index (χ4n) is 1.87. The lowest BCUT2D eigenvalue weighted by Gasteiger charge is -2.08. The summed E-state index contributed by atoms with van der Waals surface area (Å²) in [6.45, 7) is 3.22. The van der Waals surface area contributed by atoms with Crippen LogP contribution in [0.2, 0.25) is 5.02 Å². The lowest BCUT2D eigenvalue weighted by atomic mass is 10.1. The van der Waals surface area contributed by atoms with Crippen LogP contribution in [0.4, 0.5) is 4.39 Å². The van der Waals surface area contributed by atoms with Crippen LogP contribution < -0.4 is 4.72 Å². The maximum atomic E-state index is 13.7. The van der Waals surface area contributed by atoms with Crippen LogP contribution in [-0.2, 0) is 16.4 Å². The third-order valence-corrected chi connectivity index (χ3v) is 4.51. The molecule has 0 atom stereocenters. The molecule has 2 aromatic rings. The second-order valence-electron chi connectivity index (χ2n) is 4.42. The zero-order valence-corrected chi connectivity index (χ0v) is 13.3. The monoisotopic (exact) mass is 346 g/mol. The van der Waals surface area contributed by atoms with Crippen molar-refractivity contribution in [2.75, 3.05) is 0 Å². The van der Waals surface area contributed by atoms with Crippen molar-refractivity contribution in [1.82, 2.24) is 9.88 Å². The molecular formula is C13H12ClFN2O4S. The van der Waals surface area contributed by atoms with Gasteiger partial charge in [0.2, 0.25) is 0 Å². The highest BCUT2D eigenvalue weighted by Gasteiger charge is 2.26. The lowest BCUT2D eigenvalue weighted by Crippen LogP contribution is -2.32. The predicted octanol–water partition coefficient (Wildman–Crippen LogP) is 2.46. The van der Waals surface area contributed by atoms with Crippen molar-refractivity contribution in [2.45, 2.75) is 25.2 Å². The number of benzene rings is 1. The molecule has 0 saturated carbocycles. The van der Waals surface area contributed by atoms with E-state index in [4.69, 9.17) is 16.1 Å². The zero-order chi connectivity index (χ0) is 16.5. The summed E-state index contributed by atoms with van der Waals surface area (Å²) in [4.78, 5) is 11.5. The molecule has 1 N–H and O–H groups in total. The first-order chi connectivity index (χ1) is 10.3.